The minimum atomic E-state index is -1.79. The molecule has 2 aromatic rings. The van der Waals surface area contributed by atoms with E-state index in [1.165, 1.54) is 0 Å². The zero-order chi connectivity index (χ0) is 29.6. The number of rotatable bonds is 18. The number of benzene rings is 2. The Labute approximate surface area is 242 Å². The van der Waals surface area contributed by atoms with E-state index in [9.17, 15) is 9.90 Å². The van der Waals surface area contributed by atoms with Crippen molar-refractivity contribution in [2.75, 3.05) is 20.3 Å². The van der Waals surface area contributed by atoms with Gasteiger partial charge in [-0.25, -0.2) is 0 Å². The molecular formula is C33H50O6Si. The van der Waals surface area contributed by atoms with Gasteiger partial charge >= 0.3 is 0 Å². The zero-order valence-electron chi connectivity index (χ0n) is 25.5. The van der Waals surface area contributed by atoms with E-state index < -0.39 is 14.4 Å². The average Bonchev–Trinajstić information content (AvgIpc) is 2.92. The zero-order valence-corrected chi connectivity index (χ0v) is 26.5. The van der Waals surface area contributed by atoms with Crippen molar-refractivity contribution in [2.45, 2.75) is 90.5 Å². The van der Waals surface area contributed by atoms with Gasteiger partial charge in [0, 0.05) is 25.6 Å². The lowest BCUT2D eigenvalue weighted by atomic mass is 9.93. The molecule has 0 aliphatic carbocycles. The normalized spacial score (nSPS) is 14.7. The van der Waals surface area contributed by atoms with Crippen molar-refractivity contribution in [3.8, 4) is 5.75 Å². The lowest BCUT2D eigenvalue weighted by molar-refractivity contribution is -0.130. The summed E-state index contributed by atoms with van der Waals surface area (Å²) in [7, 11) is -0.152. The van der Waals surface area contributed by atoms with Crippen molar-refractivity contribution in [1.29, 1.82) is 0 Å². The molecule has 0 spiro atoms. The van der Waals surface area contributed by atoms with Crippen LogP contribution < -0.4 is 4.74 Å². The number of hydrogen-bond donors (Lipinski definition) is 1. The molecule has 6 nitrogen and oxygen atoms in total. The highest BCUT2D eigenvalue weighted by Crippen LogP contribution is 2.36. The monoisotopic (exact) mass is 570 g/mol. The Balaban J connectivity index is 1.89. The van der Waals surface area contributed by atoms with Crippen molar-refractivity contribution in [3.05, 3.63) is 77.9 Å². The topological polar surface area (TPSA) is 74.2 Å². The molecule has 0 aliphatic heterocycles. The van der Waals surface area contributed by atoms with Gasteiger partial charge in [0.05, 0.1) is 32.5 Å². The number of ether oxygens (including phenoxy) is 3. The second-order valence-corrected chi connectivity index (χ2v) is 16.7. The molecule has 7 heteroatoms. The molecule has 2 aromatic carbocycles. The molecular weight excluding hydrogens is 520 g/mol. The summed E-state index contributed by atoms with van der Waals surface area (Å²) < 4.78 is 23.5. The van der Waals surface area contributed by atoms with Crippen LogP contribution in [0.15, 0.2) is 66.7 Å². The van der Waals surface area contributed by atoms with E-state index in [4.69, 9.17) is 18.6 Å². The standard InChI is InChI=1S/C33H50O6Si/c1-26(31(35)23-29(34)15-11-12-21-39-40(6,7)33(2,3)4)32(20-22-37-24-27-13-9-8-10-14-27)38-25-28-16-18-30(36-5)19-17-28/h8-11,13-19,26,29,32,34H,12,20-25H2,1-7H3/b15-11+/t26-,29-,32-/m1/s1. The Morgan fingerprint density at radius 3 is 2.25 bits per heavy atom. The molecule has 0 saturated heterocycles. The van der Waals surface area contributed by atoms with Crippen LogP contribution in [0.4, 0.5) is 0 Å². The molecule has 0 bridgehead atoms. The van der Waals surface area contributed by atoms with E-state index >= 15 is 0 Å². The number of Topliss-reactive ketones (excluding diaryl/α,β-unsaturated/α-hetero) is 1. The molecule has 1 N–H and O–H groups in total. The molecule has 0 radical (unpaired) electrons. The van der Waals surface area contributed by atoms with Crippen molar-refractivity contribution < 1.29 is 28.5 Å². The van der Waals surface area contributed by atoms with Crippen molar-refractivity contribution in [3.63, 3.8) is 0 Å². The molecule has 0 aliphatic rings. The fourth-order valence-corrected chi connectivity index (χ4v) is 4.95. The highest BCUT2D eigenvalue weighted by Gasteiger charge is 2.36. The molecule has 3 atom stereocenters. The van der Waals surface area contributed by atoms with Crippen LogP contribution in [-0.4, -0.2) is 51.7 Å². The van der Waals surface area contributed by atoms with Gasteiger partial charge in [0.2, 0.25) is 0 Å². The van der Waals surface area contributed by atoms with Crippen LogP contribution in [0.1, 0.15) is 58.1 Å². The van der Waals surface area contributed by atoms with Gasteiger partial charge in [-0.1, -0.05) is 82.3 Å². The van der Waals surface area contributed by atoms with Gasteiger partial charge in [0.15, 0.2) is 8.32 Å². The van der Waals surface area contributed by atoms with Crippen molar-refractivity contribution >= 4 is 14.1 Å². The van der Waals surface area contributed by atoms with E-state index in [0.717, 1.165) is 16.9 Å². The number of carbonyl (C=O) groups is 1. The average molecular weight is 571 g/mol. The van der Waals surface area contributed by atoms with Gasteiger partial charge in [-0.2, -0.15) is 0 Å². The Hall–Kier alpha value is -2.29. The van der Waals surface area contributed by atoms with Crippen LogP contribution in [0.2, 0.25) is 18.1 Å². The molecule has 0 fully saturated rings. The number of aliphatic hydroxyl groups is 1. The minimum absolute atomic E-state index is 0.0301. The van der Waals surface area contributed by atoms with Crippen LogP contribution in [0.5, 0.6) is 5.75 Å². The van der Waals surface area contributed by atoms with Crippen molar-refractivity contribution in [1.82, 2.24) is 0 Å². The fourth-order valence-electron chi connectivity index (χ4n) is 3.89. The molecule has 0 saturated carbocycles. The maximum Gasteiger partial charge on any atom is 0.191 e. The SMILES string of the molecule is COc1ccc(CO[C@H](CCOCc2ccccc2)[C@H](C)C(=O)C[C@H](O)/C=C/CCO[Si](C)(C)C(C)(C)C)cc1. The largest absolute Gasteiger partial charge is 0.497 e. The van der Waals surface area contributed by atoms with E-state index in [1.807, 2.05) is 67.6 Å². The van der Waals surface area contributed by atoms with Crippen LogP contribution in [0, 0.1) is 5.92 Å². The summed E-state index contributed by atoms with van der Waals surface area (Å²) in [4.78, 5) is 13.1. The first kappa shape index (κ1) is 33.9. The van der Waals surface area contributed by atoms with Crippen LogP contribution in [-0.2, 0) is 31.9 Å². The second-order valence-electron chi connectivity index (χ2n) is 11.9. The number of carbonyl (C=O) groups excluding carboxylic acids is 1. The first-order valence-electron chi connectivity index (χ1n) is 14.3. The minimum Gasteiger partial charge on any atom is -0.497 e. The third-order valence-electron chi connectivity index (χ3n) is 7.67. The van der Waals surface area contributed by atoms with E-state index in [0.29, 0.717) is 39.3 Å². The van der Waals surface area contributed by atoms with Gasteiger partial charge < -0.3 is 23.7 Å². The van der Waals surface area contributed by atoms with Crippen molar-refractivity contribution in [2.24, 2.45) is 5.92 Å². The maximum atomic E-state index is 13.1. The molecule has 2 rings (SSSR count). The molecule has 0 amide bonds. The van der Waals surface area contributed by atoms with Crippen LogP contribution >= 0.6 is 0 Å². The second kappa shape index (κ2) is 16.8. The summed E-state index contributed by atoms with van der Waals surface area (Å²) in [5.74, 6) is 0.368. The van der Waals surface area contributed by atoms with Gasteiger partial charge in [-0.15, -0.1) is 0 Å². The third kappa shape index (κ3) is 12.1. The molecule has 0 heterocycles. The predicted octanol–water partition coefficient (Wildman–Crippen LogP) is 7.11. The number of methoxy groups -OCH3 is 1. The summed E-state index contributed by atoms with van der Waals surface area (Å²) in [6.45, 7) is 15.0. The summed E-state index contributed by atoms with van der Waals surface area (Å²) >= 11 is 0. The lowest BCUT2D eigenvalue weighted by Crippen LogP contribution is -2.40. The van der Waals surface area contributed by atoms with Gasteiger partial charge in [0.1, 0.15) is 11.5 Å². The Morgan fingerprint density at radius 2 is 1.62 bits per heavy atom. The Morgan fingerprint density at radius 1 is 0.975 bits per heavy atom. The first-order chi connectivity index (χ1) is 18.9. The smallest absolute Gasteiger partial charge is 0.191 e. The molecule has 0 aromatic heterocycles. The van der Waals surface area contributed by atoms with Crippen LogP contribution in [0.25, 0.3) is 0 Å². The maximum absolute atomic E-state index is 13.1. The quantitative estimate of drug-likeness (QED) is 0.117. The first-order valence-corrected chi connectivity index (χ1v) is 17.2. The van der Waals surface area contributed by atoms with E-state index in [-0.39, 0.29) is 29.3 Å². The highest BCUT2D eigenvalue weighted by atomic mass is 28.4. The van der Waals surface area contributed by atoms with Gasteiger partial charge in [0.25, 0.3) is 0 Å². The molecule has 0 unspecified atom stereocenters. The lowest BCUT2D eigenvalue weighted by Gasteiger charge is -2.36. The fraction of sp³-hybridized carbons (Fsp3) is 0.545. The van der Waals surface area contributed by atoms with Gasteiger partial charge in [-0.3, -0.25) is 4.79 Å². The Kier molecular flexibility index (Phi) is 14.3. The summed E-state index contributed by atoms with van der Waals surface area (Å²) in [5, 5.41) is 10.7. The predicted molar refractivity (Wildman–Crippen MR) is 164 cm³/mol. The Bertz CT molecular complexity index is 1010. The summed E-state index contributed by atoms with van der Waals surface area (Å²) in [6, 6.07) is 17.7. The molecule has 40 heavy (non-hydrogen) atoms. The molecule has 222 valence electrons. The summed E-state index contributed by atoms with van der Waals surface area (Å²) in [6.07, 6.45) is 3.78. The van der Waals surface area contributed by atoms with Crippen LogP contribution in [0.3, 0.4) is 0 Å². The number of ketones is 1. The third-order valence-corrected chi connectivity index (χ3v) is 12.2. The van der Waals surface area contributed by atoms with E-state index in [1.54, 1.807) is 13.2 Å². The summed E-state index contributed by atoms with van der Waals surface area (Å²) in [5.41, 5.74) is 2.10. The highest BCUT2D eigenvalue weighted by molar-refractivity contribution is 6.74. The van der Waals surface area contributed by atoms with E-state index in [2.05, 4.69) is 33.9 Å². The van der Waals surface area contributed by atoms with Gasteiger partial charge in [-0.05, 0) is 54.2 Å². The number of aliphatic hydroxyl groups excluding tert-OH is 1. The number of hydrogen-bond acceptors (Lipinski definition) is 6.